The monoisotopic (exact) mass is 253 g/mol. The fraction of sp³-hybridized carbons (Fsp3) is 0.462. The van der Waals surface area contributed by atoms with Crippen LogP contribution in [0.1, 0.15) is 6.92 Å². The minimum atomic E-state index is -0.310. The van der Waals surface area contributed by atoms with Crippen LogP contribution >= 0.6 is 0 Å². The van der Waals surface area contributed by atoms with Crippen LogP contribution in [0.4, 0.5) is 4.39 Å². The van der Waals surface area contributed by atoms with E-state index < -0.39 is 0 Å². The number of hydrogen-bond donors (Lipinski definition) is 0. The Bertz CT molecular complexity index is 418. The van der Waals surface area contributed by atoms with Crippen LogP contribution in [0.25, 0.3) is 0 Å². The number of nitrogens with zero attached hydrogens (tertiary/aromatic N) is 1. The van der Waals surface area contributed by atoms with Crippen LogP contribution in [-0.2, 0) is 9.53 Å². The Morgan fingerprint density at radius 3 is 2.94 bits per heavy atom. The topological polar surface area (TPSA) is 38.8 Å². The lowest BCUT2D eigenvalue weighted by Gasteiger charge is -2.38. The third kappa shape index (κ3) is 3.43. The van der Waals surface area contributed by atoms with Gasteiger partial charge in [-0.1, -0.05) is 6.07 Å². The maximum absolute atomic E-state index is 12.9. The number of likely N-dealkylation sites (tertiary alicyclic amines) is 1. The van der Waals surface area contributed by atoms with Gasteiger partial charge in [0.1, 0.15) is 17.7 Å². The Kier molecular flexibility index (Phi) is 4.15. The van der Waals surface area contributed by atoms with E-state index in [2.05, 4.69) is 0 Å². The van der Waals surface area contributed by atoms with Crippen molar-refractivity contribution in [3.8, 4) is 5.75 Å². The van der Waals surface area contributed by atoms with Crippen LogP contribution in [0, 0.1) is 5.82 Å². The molecule has 2 rings (SSSR count). The van der Waals surface area contributed by atoms with Gasteiger partial charge in [-0.05, 0) is 19.1 Å². The van der Waals surface area contributed by atoms with Crippen molar-refractivity contribution in [1.29, 1.82) is 0 Å². The molecule has 18 heavy (non-hydrogen) atoms. The number of hydrogen-bond acceptors (Lipinski definition) is 4. The summed E-state index contributed by atoms with van der Waals surface area (Å²) in [6.45, 7) is 3.79. The number of esters is 1. The van der Waals surface area contributed by atoms with Gasteiger partial charge < -0.3 is 9.47 Å². The molecular formula is C13H16FNO3. The highest BCUT2D eigenvalue weighted by atomic mass is 19.1. The summed E-state index contributed by atoms with van der Waals surface area (Å²) in [4.78, 5) is 13.1. The maximum atomic E-state index is 12.9. The quantitative estimate of drug-likeness (QED) is 0.745. The molecule has 1 aromatic rings. The largest absolute Gasteiger partial charge is 0.488 e. The summed E-state index contributed by atoms with van der Waals surface area (Å²) in [7, 11) is 0. The summed E-state index contributed by atoms with van der Waals surface area (Å²) in [5.74, 6) is -0.00677. The van der Waals surface area contributed by atoms with E-state index in [1.807, 2.05) is 4.90 Å². The second-order valence-electron chi connectivity index (χ2n) is 4.20. The first-order valence-electron chi connectivity index (χ1n) is 5.97. The molecule has 1 aliphatic heterocycles. The minimum Gasteiger partial charge on any atom is -0.488 e. The molecule has 1 fully saturated rings. The third-order valence-electron chi connectivity index (χ3n) is 2.68. The van der Waals surface area contributed by atoms with E-state index in [0.717, 1.165) is 0 Å². The van der Waals surface area contributed by atoms with Crippen molar-refractivity contribution in [1.82, 2.24) is 4.90 Å². The average molecular weight is 253 g/mol. The van der Waals surface area contributed by atoms with E-state index in [1.165, 1.54) is 12.1 Å². The molecular weight excluding hydrogens is 237 g/mol. The summed E-state index contributed by atoms with van der Waals surface area (Å²) in [6, 6.07) is 6.06. The lowest BCUT2D eigenvalue weighted by Crippen LogP contribution is -2.55. The Morgan fingerprint density at radius 1 is 1.50 bits per heavy atom. The second kappa shape index (κ2) is 5.82. The third-order valence-corrected chi connectivity index (χ3v) is 2.68. The van der Waals surface area contributed by atoms with Crippen LogP contribution in [0.3, 0.4) is 0 Å². The van der Waals surface area contributed by atoms with Gasteiger partial charge in [-0.15, -0.1) is 0 Å². The van der Waals surface area contributed by atoms with E-state index in [4.69, 9.17) is 9.47 Å². The predicted octanol–water partition coefficient (Wildman–Crippen LogP) is 1.45. The molecule has 5 heteroatoms. The first-order chi connectivity index (χ1) is 8.67. The van der Waals surface area contributed by atoms with Gasteiger partial charge in [0.25, 0.3) is 0 Å². The summed E-state index contributed by atoms with van der Waals surface area (Å²) in [5, 5.41) is 0. The van der Waals surface area contributed by atoms with Crippen LogP contribution in [-0.4, -0.2) is 43.2 Å². The number of ether oxygens (including phenoxy) is 2. The minimum absolute atomic E-state index is 0.0150. The van der Waals surface area contributed by atoms with E-state index in [0.29, 0.717) is 25.4 Å². The second-order valence-corrected chi connectivity index (χ2v) is 4.20. The van der Waals surface area contributed by atoms with Crippen LogP contribution in [0.2, 0.25) is 0 Å². The van der Waals surface area contributed by atoms with Crippen molar-refractivity contribution in [3.05, 3.63) is 30.1 Å². The van der Waals surface area contributed by atoms with Gasteiger partial charge in [-0.2, -0.15) is 0 Å². The molecule has 4 nitrogen and oxygen atoms in total. The highest BCUT2D eigenvalue weighted by Crippen LogP contribution is 2.18. The molecule has 0 spiro atoms. The normalized spacial score (nSPS) is 16.1. The zero-order chi connectivity index (χ0) is 13.0. The van der Waals surface area contributed by atoms with Gasteiger partial charge in [0, 0.05) is 19.2 Å². The van der Waals surface area contributed by atoms with Crippen molar-refractivity contribution < 1.29 is 18.7 Å². The first kappa shape index (κ1) is 12.8. The molecule has 0 aromatic heterocycles. The van der Waals surface area contributed by atoms with Gasteiger partial charge in [0.05, 0.1) is 13.2 Å². The molecule has 1 aromatic carbocycles. The van der Waals surface area contributed by atoms with Gasteiger partial charge in [-0.25, -0.2) is 4.39 Å². The van der Waals surface area contributed by atoms with E-state index in [-0.39, 0.29) is 24.4 Å². The fourth-order valence-electron chi connectivity index (χ4n) is 1.85. The SMILES string of the molecule is CCOC(=O)CN1CC(Oc2cccc(F)c2)C1. The van der Waals surface area contributed by atoms with Crippen molar-refractivity contribution in [2.75, 3.05) is 26.2 Å². The smallest absolute Gasteiger partial charge is 0.320 e. The van der Waals surface area contributed by atoms with Crippen molar-refractivity contribution in [2.45, 2.75) is 13.0 Å². The van der Waals surface area contributed by atoms with Crippen molar-refractivity contribution >= 4 is 5.97 Å². The zero-order valence-corrected chi connectivity index (χ0v) is 10.3. The zero-order valence-electron chi connectivity index (χ0n) is 10.3. The molecule has 0 atom stereocenters. The predicted molar refractivity (Wildman–Crippen MR) is 63.9 cm³/mol. The Labute approximate surface area is 105 Å². The lowest BCUT2D eigenvalue weighted by molar-refractivity contribution is -0.146. The number of carbonyl (C=O) groups is 1. The summed E-state index contributed by atoms with van der Waals surface area (Å²) < 4.78 is 23.3. The molecule has 98 valence electrons. The molecule has 0 bridgehead atoms. The maximum Gasteiger partial charge on any atom is 0.320 e. The standard InChI is InChI=1S/C13H16FNO3/c1-2-17-13(16)9-15-7-12(8-15)18-11-5-3-4-10(14)6-11/h3-6,12H,2,7-9H2,1H3. The molecule has 0 amide bonds. The van der Waals surface area contributed by atoms with E-state index >= 15 is 0 Å². The highest BCUT2D eigenvalue weighted by molar-refractivity contribution is 5.71. The Hall–Kier alpha value is -1.62. The molecule has 0 saturated carbocycles. The van der Waals surface area contributed by atoms with Crippen molar-refractivity contribution in [3.63, 3.8) is 0 Å². The highest BCUT2D eigenvalue weighted by Gasteiger charge is 2.30. The van der Waals surface area contributed by atoms with Gasteiger partial charge in [0.2, 0.25) is 0 Å². The Balaban J connectivity index is 1.71. The first-order valence-corrected chi connectivity index (χ1v) is 5.97. The Morgan fingerprint density at radius 2 is 2.28 bits per heavy atom. The summed E-state index contributed by atoms with van der Waals surface area (Å²) in [6.07, 6.45) is 0.0150. The number of halogens is 1. The van der Waals surface area contributed by atoms with Crippen molar-refractivity contribution in [2.24, 2.45) is 0 Å². The molecule has 1 aliphatic rings. The van der Waals surface area contributed by atoms with Gasteiger partial charge in [-0.3, -0.25) is 9.69 Å². The van der Waals surface area contributed by atoms with Gasteiger partial charge in [0.15, 0.2) is 0 Å². The molecule has 0 unspecified atom stereocenters. The molecule has 1 saturated heterocycles. The van der Waals surface area contributed by atoms with Gasteiger partial charge >= 0.3 is 5.97 Å². The molecule has 1 heterocycles. The molecule has 0 aliphatic carbocycles. The number of benzene rings is 1. The number of rotatable bonds is 5. The van der Waals surface area contributed by atoms with Crippen LogP contribution in [0.15, 0.2) is 24.3 Å². The van der Waals surface area contributed by atoms with Crippen LogP contribution in [0.5, 0.6) is 5.75 Å². The lowest BCUT2D eigenvalue weighted by atomic mass is 10.1. The van der Waals surface area contributed by atoms with Crippen LogP contribution < -0.4 is 4.74 Å². The number of carbonyl (C=O) groups excluding carboxylic acids is 1. The molecule has 0 radical (unpaired) electrons. The van der Waals surface area contributed by atoms with E-state index in [1.54, 1.807) is 19.1 Å². The summed E-state index contributed by atoms with van der Waals surface area (Å²) >= 11 is 0. The molecule has 0 N–H and O–H groups in total. The summed E-state index contributed by atoms with van der Waals surface area (Å²) in [5.41, 5.74) is 0. The average Bonchev–Trinajstić information content (AvgIpc) is 2.26. The van der Waals surface area contributed by atoms with E-state index in [9.17, 15) is 9.18 Å². The fourth-order valence-corrected chi connectivity index (χ4v) is 1.85.